The average molecular weight is 326 g/mol. The molecule has 1 fully saturated rings. The quantitative estimate of drug-likeness (QED) is 0.666. The third kappa shape index (κ3) is 3.80. The first-order valence-electron chi connectivity index (χ1n) is 8.04. The van der Waals surface area contributed by atoms with Gasteiger partial charge in [-0.15, -0.1) is 0 Å². The molecular formula is C17H22N6O. The lowest BCUT2D eigenvalue weighted by Crippen LogP contribution is -2.22. The van der Waals surface area contributed by atoms with Crippen molar-refractivity contribution in [3.8, 4) is 0 Å². The number of amides is 1. The smallest absolute Gasteiger partial charge is 0.254 e. The molecule has 1 saturated carbocycles. The number of hydrogen-bond donors (Lipinski definition) is 4. The van der Waals surface area contributed by atoms with Crippen molar-refractivity contribution in [2.75, 3.05) is 10.6 Å². The van der Waals surface area contributed by atoms with Crippen LogP contribution in [0.15, 0.2) is 30.5 Å². The molecule has 2 aromatic rings. The molecule has 0 saturated heterocycles. The van der Waals surface area contributed by atoms with Gasteiger partial charge in [0, 0.05) is 24.0 Å². The van der Waals surface area contributed by atoms with Crippen LogP contribution in [0.3, 0.4) is 0 Å². The van der Waals surface area contributed by atoms with Crippen LogP contribution in [0.1, 0.15) is 35.2 Å². The van der Waals surface area contributed by atoms with Crippen LogP contribution >= 0.6 is 0 Å². The van der Waals surface area contributed by atoms with E-state index in [0.29, 0.717) is 11.8 Å². The van der Waals surface area contributed by atoms with Crippen molar-refractivity contribution in [1.29, 1.82) is 0 Å². The number of benzene rings is 1. The Hall–Kier alpha value is -2.67. The average Bonchev–Trinajstić information content (AvgIpc) is 2.92. The number of anilines is 3. The van der Waals surface area contributed by atoms with Crippen molar-refractivity contribution in [3.05, 3.63) is 41.6 Å². The topological polar surface area (TPSA) is 119 Å². The molecule has 6 N–H and O–H groups in total. The van der Waals surface area contributed by atoms with E-state index < -0.39 is 5.91 Å². The normalized spacial score (nSPS) is 19.9. The van der Waals surface area contributed by atoms with Gasteiger partial charge in [-0.3, -0.25) is 4.79 Å². The van der Waals surface area contributed by atoms with E-state index in [9.17, 15) is 4.79 Å². The number of aromatic nitrogens is 2. The molecule has 1 aromatic carbocycles. The van der Waals surface area contributed by atoms with Gasteiger partial charge in [0.15, 0.2) is 0 Å². The molecule has 24 heavy (non-hydrogen) atoms. The highest BCUT2D eigenvalue weighted by atomic mass is 16.1. The molecule has 7 nitrogen and oxygen atoms in total. The molecule has 1 heterocycles. The molecule has 126 valence electrons. The van der Waals surface area contributed by atoms with Gasteiger partial charge >= 0.3 is 0 Å². The Labute approximate surface area is 140 Å². The first kappa shape index (κ1) is 16.2. The van der Waals surface area contributed by atoms with Crippen LogP contribution in [0.5, 0.6) is 0 Å². The van der Waals surface area contributed by atoms with Gasteiger partial charge in [0.05, 0.1) is 0 Å². The Kier molecular flexibility index (Phi) is 4.61. The minimum absolute atomic E-state index is 0.220. The van der Waals surface area contributed by atoms with E-state index in [1.165, 1.54) is 6.20 Å². The summed E-state index contributed by atoms with van der Waals surface area (Å²) < 4.78 is 0. The van der Waals surface area contributed by atoms with Gasteiger partial charge in [-0.1, -0.05) is 12.1 Å². The molecule has 3 rings (SSSR count). The number of nitrogens with zero attached hydrogens (tertiary/aromatic N) is 2. The maximum absolute atomic E-state index is 11.6. The van der Waals surface area contributed by atoms with Crippen LogP contribution in [0.2, 0.25) is 0 Å². The second-order valence-corrected chi connectivity index (χ2v) is 6.23. The lowest BCUT2D eigenvalue weighted by atomic mass is 10.2. The predicted octanol–water partition coefficient (Wildman–Crippen LogP) is 1.92. The first-order chi connectivity index (χ1) is 11.5. The first-order valence-corrected chi connectivity index (χ1v) is 8.04. The second kappa shape index (κ2) is 6.84. The molecule has 0 unspecified atom stereocenters. The fourth-order valence-corrected chi connectivity index (χ4v) is 2.92. The van der Waals surface area contributed by atoms with Crippen molar-refractivity contribution < 1.29 is 4.79 Å². The third-order valence-corrected chi connectivity index (χ3v) is 4.14. The summed E-state index contributed by atoms with van der Waals surface area (Å²) in [6.07, 6.45) is 4.32. The Balaban J connectivity index is 1.84. The Morgan fingerprint density at radius 2 is 2.17 bits per heavy atom. The molecule has 0 spiro atoms. The Morgan fingerprint density at radius 1 is 1.33 bits per heavy atom. The summed E-state index contributed by atoms with van der Waals surface area (Å²) in [6.45, 7) is 2.00. The largest absolute Gasteiger partial charge is 0.365 e. The zero-order chi connectivity index (χ0) is 17.1. The van der Waals surface area contributed by atoms with Gasteiger partial charge in [0.1, 0.15) is 11.4 Å². The maximum Gasteiger partial charge on any atom is 0.254 e. The SMILES string of the molecule is Cc1cccc(Nc2nc(N[C@@H]3CC[C@H](N)C3)ncc2C(N)=O)c1. The number of nitrogens with one attached hydrogen (secondary N) is 2. The number of carbonyl (C=O) groups is 1. The number of carbonyl (C=O) groups excluding carboxylic acids is 1. The fourth-order valence-electron chi connectivity index (χ4n) is 2.92. The van der Waals surface area contributed by atoms with Gasteiger partial charge in [0.2, 0.25) is 5.95 Å². The highest BCUT2D eigenvalue weighted by molar-refractivity contribution is 5.98. The summed E-state index contributed by atoms with van der Waals surface area (Å²) in [5.74, 6) is 0.293. The number of aryl methyl sites for hydroxylation is 1. The molecule has 0 radical (unpaired) electrons. The van der Waals surface area contributed by atoms with Gasteiger partial charge in [0.25, 0.3) is 5.91 Å². The van der Waals surface area contributed by atoms with Crippen molar-refractivity contribution in [2.24, 2.45) is 11.5 Å². The van der Waals surface area contributed by atoms with Crippen LogP contribution in [-0.2, 0) is 0 Å². The fraction of sp³-hybridized carbons (Fsp3) is 0.353. The number of rotatable bonds is 5. The van der Waals surface area contributed by atoms with Crippen molar-refractivity contribution in [2.45, 2.75) is 38.3 Å². The van der Waals surface area contributed by atoms with Crippen molar-refractivity contribution in [1.82, 2.24) is 9.97 Å². The summed E-state index contributed by atoms with van der Waals surface area (Å²) in [7, 11) is 0. The maximum atomic E-state index is 11.6. The molecule has 1 aliphatic rings. The summed E-state index contributed by atoms with van der Waals surface area (Å²) in [4.78, 5) is 20.3. The molecular weight excluding hydrogens is 304 g/mol. The van der Waals surface area contributed by atoms with Gasteiger partial charge in [-0.05, 0) is 43.9 Å². The van der Waals surface area contributed by atoms with Crippen LogP contribution in [-0.4, -0.2) is 28.0 Å². The molecule has 1 amide bonds. The monoisotopic (exact) mass is 326 g/mol. The molecule has 7 heteroatoms. The summed E-state index contributed by atoms with van der Waals surface area (Å²) in [5, 5.41) is 6.43. The summed E-state index contributed by atoms with van der Waals surface area (Å²) in [5.41, 5.74) is 13.6. The predicted molar refractivity (Wildman–Crippen MR) is 94.2 cm³/mol. The van der Waals surface area contributed by atoms with E-state index in [1.807, 2.05) is 31.2 Å². The molecule has 0 aliphatic heterocycles. The zero-order valence-corrected chi connectivity index (χ0v) is 13.6. The molecule has 1 aliphatic carbocycles. The summed E-state index contributed by atoms with van der Waals surface area (Å²) >= 11 is 0. The molecule has 0 bridgehead atoms. The standard InChI is InChI=1S/C17H22N6O/c1-10-3-2-4-12(7-10)21-16-14(15(19)24)9-20-17(23-16)22-13-6-5-11(18)8-13/h2-4,7,9,11,13H,5-6,8,18H2,1H3,(H2,19,24)(H2,20,21,22,23)/t11-,13+/m0/s1. The Morgan fingerprint density at radius 3 is 2.83 bits per heavy atom. The van der Waals surface area contributed by atoms with Gasteiger partial charge in [-0.25, -0.2) is 4.98 Å². The number of primary amides is 1. The minimum Gasteiger partial charge on any atom is -0.365 e. The third-order valence-electron chi connectivity index (χ3n) is 4.14. The van der Waals surface area contributed by atoms with E-state index in [0.717, 1.165) is 30.5 Å². The lowest BCUT2D eigenvalue weighted by molar-refractivity contribution is 0.100. The number of hydrogen-bond acceptors (Lipinski definition) is 6. The Bertz CT molecular complexity index is 748. The van der Waals surface area contributed by atoms with Gasteiger partial charge < -0.3 is 22.1 Å². The lowest BCUT2D eigenvalue weighted by Gasteiger charge is -2.15. The highest BCUT2D eigenvalue weighted by Crippen LogP contribution is 2.23. The number of nitrogens with two attached hydrogens (primary N) is 2. The summed E-state index contributed by atoms with van der Waals surface area (Å²) in [6, 6.07) is 8.28. The van der Waals surface area contributed by atoms with E-state index in [-0.39, 0.29) is 17.6 Å². The molecule has 1 aromatic heterocycles. The minimum atomic E-state index is -0.570. The van der Waals surface area contributed by atoms with Crippen molar-refractivity contribution >= 4 is 23.4 Å². The van der Waals surface area contributed by atoms with E-state index in [2.05, 4.69) is 20.6 Å². The zero-order valence-electron chi connectivity index (χ0n) is 13.6. The van der Waals surface area contributed by atoms with Crippen LogP contribution in [0.4, 0.5) is 17.5 Å². The van der Waals surface area contributed by atoms with Gasteiger partial charge in [-0.2, -0.15) is 4.98 Å². The second-order valence-electron chi connectivity index (χ2n) is 6.23. The van der Waals surface area contributed by atoms with E-state index in [1.54, 1.807) is 0 Å². The van der Waals surface area contributed by atoms with Crippen LogP contribution < -0.4 is 22.1 Å². The van der Waals surface area contributed by atoms with E-state index in [4.69, 9.17) is 11.5 Å². The van der Waals surface area contributed by atoms with E-state index >= 15 is 0 Å². The van der Waals surface area contributed by atoms with Crippen LogP contribution in [0.25, 0.3) is 0 Å². The molecule has 2 atom stereocenters. The van der Waals surface area contributed by atoms with Crippen LogP contribution in [0, 0.1) is 6.92 Å². The van der Waals surface area contributed by atoms with Crippen molar-refractivity contribution in [3.63, 3.8) is 0 Å². The highest BCUT2D eigenvalue weighted by Gasteiger charge is 2.22.